The summed E-state index contributed by atoms with van der Waals surface area (Å²) in [5.74, 6) is -0.225. The second-order valence-electron chi connectivity index (χ2n) is 9.23. The molecular weight excluding hydrogens is 448 g/mol. The number of carbonyl (C=O) groups excluding carboxylic acids is 2. The van der Waals surface area contributed by atoms with Gasteiger partial charge in [-0.2, -0.15) is 0 Å². The fourth-order valence-corrected chi connectivity index (χ4v) is 5.18. The number of nitrogens with zero attached hydrogens (tertiary/aromatic N) is 1. The lowest BCUT2D eigenvalue weighted by Gasteiger charge is -2.30. The Labute approximate surface area is 211 Å². The van der Waals surface area contributed by atoms with E-state index in [1.807, 2.05) is 42.5 Å². The number of fused-ring (bicyclic) bond motifs is 2. The number of amides is 1. The molecule has 0 saturated carbocycles. The topological polar surface area (TPSA) is 62.4 Å². The molecule has 4 aromatic rings. The van der Waals surface area contributed by atoms with Gasteiger partial charge in [0.25, 0.3) is 0 Å². The molecule has 1 aromatic heterocycles. The first kappa shape index (κ1) is 23.6. The van der Waals surface area contributed by atoms with Gasteiger partial charge in [-0.3, -0.25) is 4.79 Å². The molecule has 3 aromatic carbocycles. The zero-order valence-corrected chi connectivity index (χ0v) is 20.4. The Morgan fingerprint density at radius 2 is 1.86 bits per heavy atom. The summed E-state index contributed by atoms with van der Waals surface area (Å²) in [7, 11) is 1.37. The number of nitrogens with one attached hydrogen (secondary N) is 1. The lowest BCUT2D eigenvalue weighted by Crippen LogP contribution is -2.36. The van der Waals surface area contributed by atoms with Gasteiger partial charge in [-0.1, -0.05) is 66.7 Å². The van der Waals surface area contributed by atoms with E-state index in [0.717, 1.165) is 35.9 Å². The number of hydrogen-bond acceptors (Lipinski definition) is 3. The summed E-state index contributed by atoms with van der Waals surface area (Å²) in [6.45, 7) is 0.654. The molecule has 36 heavy (non-hydrogen) atoms. The molecule has 0 fully saturated rings. The average Bonchev–Trinajstić information content (AvgIpc) is 3.52. The van der Waals surface area contributed by atoms with Crippen LogP contribution in [0.25, 0.3) is 17.0 Å². The van der Waals surface area contributed by atoms with Crippen molar-refractivity contribution < 1.29 is 14.3 Å². The maximum Gasteiger partial charge on any atom is 0.330 e. The quantitative estimate of drug-likeness (QED) is 0.263. The smallest absolute Gasteiger partial charge is 0.330 e. The minimum Gasteiger partial charge on any atom is -0.466 e. The normalized spacial score (nSPS) is 14.8. The molecule has 5 rings (SSSR count). The molecule has 0 aliphatic heterocycles. The summed E-state index contributed by atoms with van der Waals surface area (Å²) in [4.78, 5) is 30.6. The summed E-state index contributed by atoms with van der Waals surface area (Å²) < 4.78 is 4.70. The van der Waals surface area contributed by atoms with E-state index in [1.165, 1.54) is 35.3 Å². The van der Waals surface area contributed by atoms with Crippen LogP contribution in [-0.4, -0.2) is 35.4 Å². The fourth-order valence-electron chi connectivity index (χ4n) is 5.18. The number of methoxy groups -OCH3 is 1. The highest BCUT2D eigenvalue weighted by molar-refractivity contribution is 5.87. The number of aromatic nitrogens is 1. The molecule has 0 radical (unpaired) electrons. The summed E-state index contributed by atoms with van der Waals surface area (Å²) in [6, 6.07) is 24.5. The Morgan fingerprint density at radius 3 is 2.69 bits per heavy atom. The Balaban J connectivity index is 1.40. The predicted molar refractivity (Wildman–Crippen MR) is 142 cm³/mol. The van der Waals surface area contributed by atoms with Crippen LogP contribution >= 0.6 is 0 Å². The van der Waals surface area contributed by atoms with E-state index in [-0.39, 0.29) is 17.9 Å². The van der Waals surface area contributed by atoms with Crippen molar-refractivity contribution in [1.82, 2.24) is 9.88 Å². The first-order chi connectivity index (χ1) is 17.6. The van der Waals surface area contributed by atoms with Gasteiger partial charge in [-0.15, -0.1) is 0 Å². The number of esters is 1. The molecule has 1 atom stereocenters. The third-order valence-corrected chi connectivity index (χ3v) is 7.02. The van der Waals surface area contributed by atoms with Crippen LogP contribution in [0.1, 0.15) is 40.3 Å². The van der Waals surface area contributed by atoms with Crippen LogP contribution in [0, 0.1) is 0 Å². The molecule has 0 bridgehead atoms. The number of ether oxygens (including phenoxy) is 1. The molecule has 1 unspecified atom stereocenters. The highest BCUT2D eigenvalue weighted by Gasteiger charge is 2.31. The molecular formula is C31H30N2O3. The van der Waals surface area contributed by atoms with Crippen LogP contribution in [0.4, 0.5) is 0 Å². The predicted octanol–water partition coefficient (Wildman–Crippen LogP) is 5.66. The Hall–Kier alpha value is -4.12. The molecule has 1 aliphatic carbocycles. The molecule has 182 valence electrons. The third kappa shape index (κ3) is 5.10. The minimum atomic E-state index is -0.372. The van der Waals surface area contributed by atoms with Gasteiger partial charge < -0.3 is 14.6 Å². The van der Waals surface area contributed by atoms with Gasteiger partial charge >= 0.3 is 5.97 Å². The number of aryl methyl sites for hydroxylation is 1. The molecule has 5 nitrogen and oxygen atoms in total. The highest BCUT2D eigenvalue weighted by atomic mass is 16.5. The molecule has 1 amide bonds. The second kappa shape index (κ2) is 10.6. The van der Waals surface area contributed by atoms with E-state index >= 15 is 0 Å². The first-order valence-corrected chi connectivity index (χ1v) is 12.4. The number of aromatic amines is 1. The zero-order chi connectivity index (χ0) is 24.9. The summed E-state index contributed by atoms with van der Waals surface area (Å²) in [6.07, 6.45) is 8.25. The molecule has 1 aliphatic rings. The lowest BCUT2D eigenvalue weighted by molar-refractivity contribution is -0.135. The molecule has 0 spiro atoms. The minimum absolute atomic E-state index is 0.0417. The SMILES string of the molecule is COC(=O)C=Cc1ccc2c(c1)CCC2N(CCc1c[nH]c2ccccc12)C(=O)Cc1ccccc1. The number of H-pyrrole nitrogens is 1. The Kier molecular flexibility index (Phi) is 6.99. The standard InChI is InChI=1S/C31H30N2O3/c1-36-31(35)16-12-23-11-14-27-24(19-23)13-15-29(27)33(30(34)20-22-7-3-2-4-8-22)18-17-25-21-32-28-10-6-5-9-26(25)28/h2-12,14,16,19,21,29,32H,13,15,17-18,20H2,1H3. The number of carbonyl (C=O) groups is 2. The largest absolute Gasteiger partial charge is 0.466 e. The van der Waals surface area contributed by atoms with Gasteiger partial charge in [0, 0.05) is 29.7 Å². The molecule has 0 saturated heterocycles. The van der Waals surface area contributed by atoms with Crippen LogP contribution in [0.15, 0.2) is 85.1 Å². The van der Waals surface area contributed by atoms with Crippen LogP contribution in [0.5, 0.6) is 0 Å². The Morgan fingerprint density at radius 1 is 1.06 bits per heavy atom. The zero-order valence-electron chi connectivity index (χ0n) is 20.4. The van der Waals surface area contributed by atoms with Crippen LogP contribution in [0.2, 0.25) is 0 Å². The van der Waals surface area contributed by atoms with E-state index in [2.05, 4.69) is 46.4 Å². The van der Waals surface area contributed by atoms with Crippen LogP contribution < -0.4 is 0 Å². The van der Waals surface area contributed by atoms with Crippen LogP contribution in [-0.2, 0) is 33.6 Å². The number of rotatable bonds is 8. The van der Waals surface area contributed by atoms with Crippen molar-refractivity contribution in [2.45, 2.75) is 31.7 Å². The van der Waals surface area contributed by atoms with Gasteiger partial charge in [-0.05, 0) is 59.2 Å². The maximum absolute atomic E-state index is 13.7. The average molecular weight is 479 g/mol. The number of hydrogen-bond donors (Lipinski definition) is 1. The van der Waals surface area contributed by atoms with E-state index in [1.54, 1.807) is 6.08 Å². The van der Waals surface area contributed by atoms with Gasteiger partial charge in [-0.25, -0.2) is 4.79 Å². The van der Waals surface area contributed by atoms with Crippen molar-refractivity contribution in [3.8, 4) is 0 Å². The van der Waals surface area contributed by atoms with E-state index in [9.17, 15) is 9.59 Å². The fraction of sp³-hybridized carbons (Fsp3) is 0.226. The number of benzene rings is 3. The van der Waals surface area contributed by atoms with Crippen molar-refractivity contribution in [3.63, 3.8) is 0 Å². The van der Waals surface area contributed by atoms with E-state index in [4.69, 9.17) is 4.74 Å². The second-order valence-corrected chi connectivity index (χ2v) is 9.23. The van der Waals surface area contributed by atoms with Gasteiger partial charge in [0.2, 0.25) is 5.91 Å². The van der Waals surface area contributed by atoms with Gasteiger partial charge in [0.15, 0.2) is 0 Å². The maximum atomic E-state index is 13.7. The number of para-hydroxylation sites is 1. The summed E-state index contributed by atoms with van der Waals surface area (Å²) in [5.41, 5.74) is 6.77. The Bertz CT molecular complexity index is 1400. The van der Waals surface area contributed by atoms with Gasteiger partial charge in [0.1, 0.15) is 0 Å². The van der Waals surface area contributed by atoms with Crippen LogP contribution in [0.3, 0.4) is 0 Å². The van der Waals surface area contributed by atoms with Crippen molar-refractivity contribution in [2.75, 3.05) is 13.7 Å². The van der Waals surface area contributed by atoms with E-state index < -0.39 is 0 Å². The van der Waals surface area contributed by atoms with Crippen molar-refractivity contribution in [1.29, 1.82) is 0 Å². The summed E-state index contributed by atoms with van der Waals surface area (Å²) in [5, 5.41) is 1.21. The van der Waals surface area contributed by atoms with Gasteiger partial charge in [0.05, 0.1) is 19.6 Å². The van der Waals surface area contributed by atoms with Crippen molar-refractivity contribution in [3.05, 3.63) is 113 Å². The molecule has 5 heteroatoms. The lowest BCUT2D eigenvalue weighted by atomic mass is 10.0. The molecule has 1 heterocycles. The first-order valence-electron chi connectivity index (χ1n) is 12.4. The summed E-state index contributed by atoms with van der Waals surface area (Å²) >= 11 is 0. The van der Waals surface area contributed by atoms with E-state index in [0.29, 0.717) is 13.0 Å². The third-order valence-electron chi connectivity index (χ3n) is 7.02. The highest BCUT2D eigenvalue weighted by Crippen LogP contribution is 2.37. The van der Waals surface area contributed by atoms with Crippen molar-refractivity contribution in [2.24, 2.45) is 0 Å². The monoisotopic (exact) mass is 478 g/mol. The van der Waals surface area contributed by atoms with Crippen molar-refractivity contribution >= 4 is 28.9 Å². The molecule has 1 N–H and O–H groups in total.